The number of hydrogen-bond donors (Lipinski definition) is 0. The number of nitrogens with zero attached hydrogens (tertiary/aromatic N) is 1. The summed E-state index contributed by atoms with van der Waals surface area (Å²) >= 11 is 0. The lowest BCUT2D eigenvalue weighted by Gasteiger charge is -2.38. The molecular weight excluding hydrogens is 426 g/mol. The van der Waals surface area contributed by atoms with Gasteiger partial charge in [-0.05, 0) is 98.8 Å². The molecule has 0 aliphatic heterocycles. The van der Waals surface area contributed by atoms with Crippen LogP contribution in [0.4, 0.5) is 17.6 Å². The van der Waals surface area contributed by atoms with Gasteiger partial charge in [-0.2, -0.15) is 22.8 Å². The Morgan fingerprint density at radius 1 is 0.848 bits per heavy atom. The molecule has 1 nitrogen and oxygen atoms in total. The van der Waals surface area contributed by atoms with Gasteiger partial charge in [0.1, 0.15) is 6.07 Å². The van der Waals surface area contributed by atoms with Gasteiger partial charge in [-0.25, -0.2) is 0 Å². The molecule has 2 fully saturated rings. The molecule has 2 aliphatic rings. The minimum Gasteiger partial charge on any atom is -0.195 e. The summed E-state index contributed by atoms with van der Waals surface area (Å²) in [6, 6.07) is 7.16. The minimum atomic E-state index is -4.26. The lowest BCUT2D eigenvalue weighted by Crippen LogP contribution is -2.25. The van der Waals surface area contributed by atoms with Gasteiger partial charge >= 0.3 is 6.18 Å². The molecule has 0 N–H and O–H groups in total. The Morgan fingerprint density at radius 2 is 1.39 bits per heavy atom. The van der Waals surface area contributed by atoms with E-state index in [9.17, 15) is 17.6 Å². The summed E-state index contributed by atoms with van der Waals surface area (Å²) in [6.07, 6.45) is 13.6. The van der Waals surface area contributed by atoms with Crippen molar-refractivity contribution in [2.75, 3.05) is 0 Å². The highest BCUT2D eigenvalue weighted by Crippen LogP contribution is 2.43. The van der Waals surface area contributed by atoms with Gasteiger partial charge in [0.15, 0.2) is 5.83 Å². The largest absolute Gasteiger partial charge is 0.416 e. The second kappa shape index (κ2) is 12.6. The van der Waals surface area contributed by atoms with Crippen LogP contribution in [0.25, 0.3) is 0 Å². The Balaban J connectivity index is 1.27. The molecule has 0 heterocycles. The molecule has 182 valence electrons. The van der Waals surface area contributed by atoms with E-state index in [4.69, 9.17) is 5.26 Å². The van der Waals surface area contributed by atoms with E-state index in [0.29, 0.717) is 12.3 Å². The first kappa shape index (κ1) is 25.8. The second-order valence-corrected chi connectivity index (χ2v) is 10.2. The monoisotopic (exact) mass is 463 g/mol. The SMILES string of the molecule is N#CC(F)=CCCC1CCC(C2CCC(CCCCc3ccc(C(F)(F)F)cc3)CC2)CC1. The highest BCUT2D eigenvalue weighted by molar-refractivity contribution is 5.24. The fourth-order valence-electron chi connectivity index (χ4n) is 6.01. The zero-order chi connectivity index (χ0) is 23.7. The van der Waals surface area contributed by atoms with Gasteiger partial charge in [0, 0.05) is 0 Å². The molecule has 0 amide bonds. The second-order valence-electron chi connectivity index (χ2n) is 10.2. The van der Waals surface area contributed by atoms with Crippen molar-refractivity contribution in [3.63, 3.8) is 0 Å². The standard InChI is InChI=1S/C28H37F4N/c29-27(20-33)7-3-6-23-10-16-25(17-11-23)24-14-8-21(9-15-24)4-1-2-5-22-12-18-26(19-13-22)28(30,31)32/h7,12-13,18-19,21,23-25H,1-6,8-11,14-17H2. The summed E-state index contributed by atoms with van der Waals surface area (Å²) in [4.78, 5) is 0. The predicted octanol–water partition coefficient (Wildman–Crippen LogP) is 9.19. The zero-order valence-electron chi connectivity index (χ0n) is 19.6. The van der Waals surface area contributed by atoms with Crippen LogP contribution >= 0.6 is 0 Å². The van der Waals surface area contributed by atoms with Crippen LogP contribution in [-0.2, 0) is 12.6 Å². The van der Waals surface area contributed by atoms with Crippen LogP contribution in [0.15, 0.2) is 36.2 Å². The smallest absolute Gasteiger partial charge is 0.195 e. The van der Waals surface area contributed by atoms with E-state index < -0.39 is 17.6 Å². The summed E-state index contributed by atoms with van der Waals surface area (Å²) in [7, 11) is 0. The van der Waals surface area contributed by atoms with E-state index in [0.717, 1.165) is 49.0 Å². The third-order valence-corrected chi connectivity index (χ3v) is 8.06. The van der Waals surface area contributed by atoms with Crippen LogP contribution in [0.1, 0.15) is 94.6 Å². The summed E-state index contributed by atoms with van der Waals surface area (Å²) in [5, 5.41) is 8.48. The number of aryl methyl sites for hydroxylation is 1. The van der Waals surface area contributed by atoms with Gasteiger partial charge in [0.25, 0.3) is 0 Å². The van der Waals surface area contributed by atoms with Gasteiger partial charge in [0.2, 0.25) is 0 Å². The number of unbranched alkanes of at least 4 members (excludes halogenated alkanes) is 1. The lowest BCUT2D eigenvalue weighted by atomic mass is 9.68. The average molecular weight is 464 g/mol. The van der Waals surface area contributed by atoms with Gasteiger partial charge in [-0.1, -0.05) is 50.7 Å². The van der Waals surface area contributed by atoms with Crippen molar-refractivity contribution in [1.82, 2.24) is 0 Å². The Kier molecular flexibility index (Phi) is 9.83. The molecule has 0 unspecified atom stereocenters. The normalized spacial score (nSPS) is 26.7. The third kappa shape index (κ3) is 8.47. The number of hydrogen-bond acceptors (Lipinski definition) is 1. The molecule has 0 atom stereocenters. The summed E-state index contributed by atoms with van der Waals surface area (Å²) in [5.74, 6) is 2.57. The van der Waals surface area contributed by atoms with E-state index in [1.54, 1.807) is 18.2 Å². The molecule has 0 spiro atoms. The van der Waals surface area contributed by atoms with Crippen LogP contribution < -0.4 is 0 Å². The van der Waals surface area contributed by atoms with Crippen LogP contribution in [0.3, 0.4) is 0 Å². The molecule has 1 aromatic carbocycles. The van der Waals surface area contributed by atoms with E-state index in [2.05, 4.69) is 0 Å². The minimum absolute atomic E-state index is 0.570. The van der Waals surface area contributed by atoms with Crippen molar-refractivity contribution in [3.8, 4) is 6.07 Å². The van der Waals surface area contributed by atoms with Gasteiger partial charge in [-0.3, -0.25) is 0 Å². The number of nitriles is 1. The van der Waals surface area contributed by atoms with Crippen molar-refractivity contribution in [2.24, 2.45) is 23.7 Å². The number of halogens is 4. The molecule has 0 bridgehead atoms. The van der Waals surface area contributed by atoms with Crippen LogP contribution in [0.5, 0.6) is 0 Å². The maximum atomic E-state index is 12.9. The van der Waals surface area contributed by atoms with Gasteiger partial charge in [-0.15, -0.1) is 0 Å². The van der Waals surface area contributed by atoms with Crippen molar-refractivity contribution < 1.29 is 17.6 Å². The summed E-state index contributed by atoms with van der Waals surface area (Å²) < 4.78 is 50.9. The molecule has 2 saturated carbocycles. The summed E-state index contributed by atoms with van der Waals surface area (Å²) in [5.41, 5.74) is 0.424. The third-order valence-electron chi connectivity index (χ3n) is 8.06. The maximum Gasteiger partial charge on any atom is 0.416 e. The Hall–Kier alpha value is -1.83. The Labute approximate surface area is 196 Å². The molecule has 0 radical (unpaired) electrons. The van der Waals surface area contributed by atoms with E-state index >= 15 is 0 Å². The first-order chi connectivity index (χ1) is 15.8. The van der Waals surface area contributed by atoms with Crippen LogP contribution in [-0.4, -0.2) is 0 Å². The average Bonchev–Trinajstić information content (AvgIpc) is 2.82. The quantitative estimate of drug-likeness (QED) is 0.203. The lowest BCUT2D eigenvalue weighted by molar-refractivity contribution is -0.137. The Morgan fingerprint density at radius 3 is 1.91 bits per heavy atom. The highest BCUT2D eigenvalue weighted by Gasteiger charge is 2.31. The molecule has 33 heavy (non-hydrogen) atoms. The van der Waals surface area contributed by atoms with Gasteiger partial charge < -0.3 is 0 Å². The molecule has 3 rings (SSSR count). The molecule has 0 saturated heterocycles. The molecule has 2 aliphatic carbocycles. The molecule has 1 aromatic rings. The fraction of sp³-hybridized carbons (Fsp3) is 0.679. The van der Waals surface area contributed by atoms with Crippen molar-refractivity contribution in [2.45, 2.75) is 96.1 Å². The maximum absolute atomic E-state index is 12.9. The Bertz CT molecular complexity index is 774. The van der Waals surface area contributed by atoms with Crippen molar-refractivity contribution in [1.29, 1.82) is 5.26 Å². The number of alkyl halides is 3. The fourth-order valence-corrected chi connectivity index (χ4v) is 6.01. The van der Waals surface area contributed by atoms with Crippen LogP contribution in [0, 0.1) is 35.0 Å². The number of rotatable bonds is 9. The van der Waals surface area contributed by atoms with Crippen LogP contribution in [0.2, 0.25) is 0 Å². The number of allylic oxidation sites excluding steroid dienone is 2. The first-order valence-corrected chi connectivity index (χ1v) is 12.8. The molecule has 0 aromatic heterocycles. The molecule has 5 heteroatoms. The highest BCUT2D eigenvalue weighted by atomic mass is 19.4. The first-order valence-electron chi connectivity index (χ1n) is 12.8. The molecular formula is C28H37F4N. The van der Waals surface area contributed by atoms with E-state index in [-0.39, 0.29) is 0 Å². The predicted molar refractivity (Wildman–Crippen MR) is 124 cm³/mol. The number of benzene rings is 1. The van der Waals surface area contributed by atoms with Gasteiger partial charge in [0.05, 0.1) is 5.56 Å². The summed E-state index contributed by atoms with van der Waals surface area (Å²) in [6.45, 7) is 0. The van der Waals surface area contributed by atoms with E-state index in [1.165, 1.54) is 76.0 Å². The van der Waals surface area contributed by atoms with E-state index in [1.807, 2.05) is 0 Å². The van der Waals surface area contributed by atoms with Crippen molar-refractivity contribution >= 4 is 0 Å². The topological polar surface area (TPSA) is 23.8 Å². The zero-order valence-corrected chi connectivity index (χ0v) is 19.6. The van der Waals surface area contributed by atoms with Crippen molar-refractivity contribution in [3.05, 3.63) is 47.3 Å².